The van der Waals surface area contributed by atoms with Crippen LogP contribution in [0.3, 0.4) is 0 Å². The molecule has 4 saturated heterocycles. The number of aromatic nitrogens is 2. The first-order valence-electron chi connectivity index (χ1n) is 14.3. The van der Waals surface area contributed by atoms with E-state index in [0.29, 0.717) is 45.6 Å². The van der Waals surface area contributed by atoms with Crippen LogP contribution in [-0.4, -0.2) is 98.3 Å². The Labute approximate surface area is 265 Å². The zero-order valence-electron chi connectivity index (χ0n) is 23.5. The predicted octanol–water partition coefficient (Wildman–Crippen LogP) is 5.10. The van der Waals surface area contributed by atoms with Gasteiger partial charge in [0.2, 0.25) is 0 Å². The highest BCUT2D eigenvalue weighted by Gasteiger charge is 2.50. The Balaban J connectivity index is 0.000000246. The molecule has 10 nitrogen and oxygen atoms in total. The van der Waals surface area contributed by atoms with Gasteiger partial charge in [-0.15, -0.1) is 0 Å². The van der Waals surface area contributed by atoms with Crippen molar-refractivity contribution in [2.75, 3.05) is 52.4 Å². The van der Waals surface area contributed by atoms with Crippen LogP contribution in [0, 0.1) is 0 Å². The molecule has 2 aromatic carbocycles. The van der Waals surface area contributed by atoms with Crippen molar-refractivity contribution in [3.8, 4) is 22.5 Å². The number of benzene rings is 2. The molecular weight excluding hydrogens is 628 g/mol. The number of carbonyl (C=O) groups excluding carboxylic acids is 1. The molecule has 4 aliphatic rings. The van der Waals surface area contributed by atoms with Crippen LogP contribution in [0.25, 0.3) is 22.5 Å². The summed E-state index contributed by atoms with van der Waals surface area (Å²) in [4.78, 5) is 33.9. The summed E-state index contributed by atoms with van der Waals surface area (Å²) >= 11 is 17.8. The van der Waals surface area contributed by atoms with Gasteiger partial charge in [-0.25, -0.2) is 33.8 Å². The van der Waals surface area contributed by atoms with E-state index in [0.717, 1.165) is 19.3 Å². The van der Waals surface area contributed by atoms with Gasteiger partial charge >= 0.3 is 5.97 Å². The van der Waals surface area contributed by atoms with Gasteiger partial charge in [0.05, 0.1) is 11.4 Å². The average molecular weight is 661 g/mol. The Kier molecular flexibility index (Phi) is 9.14. The molecule has 14 heteroatoms. The lowest BCUT2D eigenvalue weighted by molar-refractivity contribution is 0.0666. The number of rotatable bonds is 8. The van der Waals surface area contributed by atoms with Crippen LogP contribution >= 0.6 is 29.7 Å². The molecule has 0 bridgehead atoms. The van der Waals surface area contributed by atoms with Gasteiger partial charge in [0, 0.05) is 73.5 Å². The maximum Gasteiger partial charge on any atom is 0.357 e. The summed E-state index contributed by atoms with van der Waals surface area (Å²) in [5.74, 6) is -1.94. The smallest absolute Gasteiger partial charge is 0.357 e. The summed E-state index contributed by atoms with van der Waals surface area (Å²) < 4.78 is 7.47. The summed E-state index contributed by atoms with van der Waals surface area (Å²) in [6.07, 6.45) is 3.02. The highest BCUT2D eigenvalue weighted by molar-refractivity contribution is 8.11. The van der Waals surface area contributed by atoms with Crippen LogP contribution in [0.1, 0.15) is 40.2 Å². The number of carbonyl (C=O) groups is 2. The molecule has 7 rings (SSSR count). The van der Waals surface area contributed by atoms with Crippen LogP contribution in [0.2, 0.25) is 10.0 Å². The van der Waals surface area contributed by atoms with Gasteiger partial charge in [-0.2, -0.15) is 0 Å². The van der Waals surface area contributed by atoms with Crippen molar-refractivity contribution >= 4 is 53.4 Å². The van der Waals surface area contributed by atoms with E-state index >= 15 is 0 Å². The van der Waals surface area contributed by atoms with E-state index in [1.54, 1.807) is 53.5 Å². The van der Waals surface area contributed by atoms with E-state index in [-0.39, 0.29) is 5.69 Å². The molecule has 3 aromatic rings. The Morgan fingerprint density at radius 1 is 0.698 bits per heavy atom. The largest absolute Gasteiger partial charge is 0.476 e. The van der Waals surface area contributed by atoms with E-state index in [1.807, 2.05) is 0 Å². The standard InChI is InChI=1S/C23H20Cl2N4O3.C6H12N3PS/c24-16-8-4-14(5-9-16)18-19(15-6-10-17(25)11-7-15)27-21(23(31)32)20(26-18)22(30)28-29-12-2-1-3-13-29;11-10(7-1-2-7,8-3-4-8)9-5-6-9/h4-11H,1-3,12-13H2,(H,28,30)(H,31,32);1-6H2. The minimum atomic E-state index is -1.33. The van der Waals surface area contributed by atoms with Gasteiger partial charge in [-0.1, -0.05) is 53.9 Å². The van der Waals surface area contributed by atoms with Crippen molar-refractivity contribution in [2.24, 2.45) is 0 Å². The zero-order valence-corrected chi connectivity index (χ0v) is 26.7. The van der Waals surface area contributed by atoms with Crippen molar-refractivity contribution in [3.63, 3.8) is 0 Å². The number of nitrogens with zero attached hydrogens (tertiary/aromatic N) is 6. The van der Waals surface area contributed by atoms with Crippen LogP contribution in [0.15, 0.2) is 48.5 Å². The number of nitrogens with one attached hydrogen (secondary N) is 1. The number of carboxylic acids is 1. The summed E-state index contributed by atoms with van der Waals surface area (Å²) in [6, 6.07) is 13.7. The Hall–Kier alpha value is -2.47. The first-order valence-corrected chi connectivity index (χ1v) is 17.7. The molecule has 43 heavy (non-hydrogen) atoms. The summed E-state index contributed by atoms with van der Waals surface area (Å²) in [6.45, 7) is 7.66. The molecule has 0 radical (unpaired) electrons. The number of amides is 1. The second-order valence-corrected chi connectivity index (χ2v) is 15.9. The fraction of sp³-hybridized carbons (Fsp3) is 0.379. The lowest BCUT2D eigenvalue weighted by atomic mass is 10.0. The molecule has 226 valence electrons. The fourth-order valence-corrected chi connectivity index (χ4v) is 9.64. The molecule has 0 atom stereocenters. The van der Waals surface area contributed by atoms with E-state index in [4.69, 9.17) is 35.0 Å². The third-order valence-corrected chi connectivity index (χ3v) is 13.5. The number of aromatic carboxylic acids is 1. The molecule has 4 fully saturated rings. The van der Waals surface area contributed by atoms with Gasteiger partial charge in [-0.05, 0) is 48.9 Å². The topological polar surface area (TPSA) is 104 Å². The number of piperidine rings is 1. The lowest BCUT2D eigenvalue weighted by Gasteiger charge is -2.26. The maximum atomic E-state index is 13.0. The highest BCUT2D eigenvalue weighted by Crippen LogP contribution is 2.65. The van der Waals surface area contributed by atoms with Crippen molar-refractivity contribution in [1.82, 2.24) is 34.4 Å². The predicted molar refractivity (Wildman–Crippen MR) is 172 cm³/mol. The van der Waals surface area contributed by atoms with E-state index in [9.17, 15) is 14.7 Å². The summed E-state index contributed by atoms with van der Waals surface area (Å²) in [5.41, 5.74) is 4.09. The van der Waals surface area contributed by atoms with E-state index < -0.39 is 24.1 Å². The van der Waals surface area contributed by atoms with Gasteiger partial charge < -0.3 is 5.11 Å². The third kappa shape index (κ3) is 7.10. The monoisotopic (exact) mass is 659 g/mol. The number of halogens is 2. The zero-order chi connectivity index (χ0) is 30.1. The number of carboxylic acid groups (broad SMARTS) is 1. The third-order valence-electron chi connectivity index (χ3n) is 7.54. The van der Waals surface area contributed by atoms with Crippen LogP contribution in [0.4, 0.5) is 0 Å². The van der Waals surface area contributed by atoms with Crippen molar-refractivity contribution in [1.29, 1.82) is 0 Å². The highest BCUT2D eigenvalue weighted by atomic mass is 35.5. The van der Waals surface area contributed by atoms with Gasteiger partial charge in [0.25, 0.3) is 5.91 Å². The quantitative estimate of drug-likeness (QED) is 0.251. The first kappa shape index (κ1) is 30.6. The van der Waals surface area contributed by atoms with Crippen LogP contribution < -0.4 is 5.43 Å². The minimum Gasteiger partial charge on any atom is -0.476 e. The van der Waals surface area contributed by atoms with Crippen molar-refractivity contribution in [3.05, 3.63) is 70.0 Å². The molecule has 1 amide bonds. The van der Waals surface area contributed by atoms with Gasteiger partial charge in [0.1, 0.15) is 6.49 Å². The Morgan fingerprint density at radius 3 is 1.51 bits per heavy atom. The molecule has 4 aliphatic heterocycles. The lowest BCUT2D eigenvalue weighted by Crippen LogP contribution is -2.45. The molecule has 1 aromatic heterocycles. The second kappa shape index (κ2) is 12.9. The number of hydrogen-bond donors (Lipinski definition) is 2. The molecule has 0 aliphatic carbocycles. The molecule has 2 N–H and O–H groups in total. The molecule has 0 spiro atoms. The van der Waals surface area contributed by atoms with Gasteiger partial charge in [0.15, 0.2) is 11.4 Å². The SMILES string of the molecule is O=C(O)c1nc(-c2ccc(Cl)cc2)c(-c2ccc(Cl)cc2)nc1C(=O)NN1CCCCC1.S=P(N1CC1)(N1CC1)N1CC1. The molecule has 0 unspecified atom stereocenters. The minimum absolute atomic E-state index is 0.245. The van der Waals surface area contributed by atoms with Gasteiger partial charge in [-0.3, -0.25) is 10.2 Å². The summed E-state index contributed by atoms with van der Waals surface area (Å²) in [5, 5.41) is 12.7. The number of hydrogen-bond acceptors (Lipinski definition) is 6. The maximum absolute atomic E-state index is 13.0. The number of hydrazine groups is 1. The molecule has 5 heterocycles. The van der Waals surface area contributed by atoms with Crippen LogP contribution in [-0.2, 0) is 11.8 Å². The Bertz CT molecular complexity index is 1520. The second-order valence-electron chi connectivity index (χ2n) is 10.8. The first-order chi connectivity index (χ1) is 20.7. The summed E-state index contributed by atoms with van der Waals surface area (Å²) in [7, 11) is 0. The average Bonchev–Trinajstić information content (AvgIpc) is 3.84. The van der Waals surface area contributed by atoms with E-state index in [2.05, 4.69) is 29.4 Å². The Morgan fingerprint density at radius 2 is 1.12 bits per heavy atom. The van der Waals surface area contributed by atoms with Crippen molar-refractivity contribution < 1.29 is 14.7 Å². The van der Waals surface area contributed by atoms with Crippen molar-refractivity contribution in [2.45, 2.75) is 19.3 Å². The van der Waals surface area contributed by atoms with Crippen LogP contribution in [0.5, 0.6) is 0 Å². The molecule has 0 saturated carbocycles. The fourth-order valence-electron chi connectivity index (χ4n) is 5.02. The molecular formula is C29H32Cl2N7O3PS. The normalized spacial score (nSPS) is 18.8. The van der Waals surface area contributed by atoms with E-state index in [1.165, 1.54) is 39.3 Å².